The highest BCUT2D eigenvalue weighted by Gasteiger charge is 2.33. The minimum Gasteiger partial charge on any atom is -0.350 e. The molecular formula is C24H31ClFN3O4S. The van der Waals surface area contributed by atoms with Crippen molar-refractivity contribution in [3.8, 4) is 0 Å². The van der Waals surface area contributed by atoms with Crippen molar-refractivity contribution in [3.63, 3.8) is 0 Å². The smallest absolute Gasteiger partial charge is 0.244 e. The first-order chi connectivity index (χ1) is 15.7. The van der Waals surface area contributed by atoms with Gasteiger partial charge in [0.05, 0.1) is 11.9 Å². The van der Waals surface area contributed by atoms with Crippen molar-refractivity contribution in [1.29, 1.82) is 0 Å². The molecule has 7 nitrogen and oxygen atoms in total. The molecule has 34 heavy (non-hydrogen) atoms. The number of hydrogen-bond acceptors (Lipinski definition) is 4. The van der Waals surface area contributed by atoms with Gasteiger partial charge in [0.2, 0.25) is 21.8 Å². The second-order valence-electron chi connectivity index (χ2n) is 9.03. The van der Waals surface area contributed by atoms with E-state index in [-0.39, 0.29) is 24.6 Å². The van der Waals surface area contributed by atoms with Gasteiger partial charge in [-0.1, -0.05) is 42.8 Å². The average molecular weight is 512 g/mol. The normalized spacial score (nSPS) is 12.7. The van der Waals surface area contributed by atoms with E-state index in [9.17, 15) is 22.4 Å². The highest BCUT2D eigenvalue weighted by Crippen LogP contribution is 2.23. The fourth-order valence-corrected chi connectivity index (χ4v) is 4.46. The molecule has 2 rings (SSSR count). The topological polar surface area (TPSA) is 86.8 Å². The molecule has 2 aromatic rings. The van der Waals surface area contributed by atoms with Crippen LogP contribution in [0.1, 0.15) is 39.7 Å². The Labute approximate surface area is 205 Å². The summed E-state index contributed by atoms with van der Waals surface area (Å²) in [5.74, 6) is -1.62. The Morgan fingerprint density at radius 3 is 2.29 bits per heavy atom. The van der Waals surface area contributed by atoms with E-state index in [0.29, 0.717) is 10.6 Å². The van der Waals surface area contributed by atoms with Crippen LogP contribution in [0.4, 0.5) is 10.1 Å². The van der Waals surface area contributed by atoms with Crippen molar-refractivity contribution in [2.75, 3.05) is 17.1 Å². The van der Waals surface area contributed by atoms with E-state index in [2.05, 4.69) is 5.32 Å². The van der Waals surface area contributed by atoms with E-state index in [1.807, 2.05) is 20.8 Å². The summed E-state index contributed by atoms with van der Waals surface area (Å²) in [5.41, 5.74) is 0.0844. The number of amides is 2. The molecule has 1 N–H and O–H groups in total. The molecule has 2 aromatic carbocycles. The number of sulfonamides is 1. The Hall–Kier alpha value is -2.65. The molecule has 10 heteroatoms. The maximum absolute atomic E-state index is 13.8. The lowest BCUT2D eigenvalue weighted by Gasteiger charge is -2.34. The molecular weight excluding hydrogens is 481 g/mol. The van der Waals surface area contributed by atoms with Gasteiger partial charge in [0, 0.05) is 17.1 Å². The summed E-state index contributed by atoms with van der Waals surface area (Å²) in [6.45, 7) is 6.63. The predicted molar refractivity (Wildman–Crippen MR) is 133 cm³/mol. The van der Waals surface area contributed by atoms with Crippen molar-refractivity contribution in [2.24, 2.45) is 0 Å². The van der Waals surface area contributed by atoms with Crippen LogP contribution in [0.2, 0.25) is 5.02 Å². The predicted octanol–water partition coefficient (Wildman–Crippen LogP) is 3.97. The quantitative estimate of drug-likeness (QED) is 0.552. The summed E-state index contributed by atoms with van der Waals surface area (Å²) in [4.78, 5) is 28.0. The average Bonchev–Trinajstić information content (AvgIpc) is 2.70. The molecule has 0 radical (unpaired) electrons. The molecule has 0 aromatic heterocycles. The number of nitrogens with one attached hydrogen (secondary N) is 1. The molecule has 0 aliphatic carbocycles. The highest BCUT2D eigenvalue weighted by molar-refractivity contribution is 7.92. The molecule has 0 heterocycles. The van der Waals surface area contributed by atoms with Crippen molar-refractivity contribution < 1.29 is 22.4 Å². The standard InChI is InChI=1S/C24H31ClFN3O4S/c1-6-21(23(31)27-24(2,3)4)28(15-17-10-7-8-13-20(17)25)22(30)16-29(34(5,32)33)19-12-9-11-18(26)14-19/h7-14,21H,6,15-16H2,1-5H3,(H,27,31)/t21-/m1/s1. The zero-order chi connectivity index (χ0) is 25.7. The van der Waals surface area contributed by atoms with Gasteiger partial charge in [0.1, 0.15) is 18.4 Å². The van der Waals surface area contributed by atoms with E-state index in [0.717, 1.165) is 16.6 Å². The number of carbonyl (C=O) groups is 2. The zero-order valence-electron chi connectivity index (χ0n) is 20.0. The molecule has 0 saturated carbocycles. The third-order valence-corrected chi connectivity index (χ3v) is 6.47. The van der Waals surface area contributed by atoms with Gasteiger partial charge in [0.15, 0.2) is 0 Å². The number of carbonyl (C=O) groups excluding carboxylic acids is 2. The minimum atomic E-state index is -3.93. The first-order valence-corrected chi connectivity index (χ1v) is 13.0. The van der Waals surface area contributed by atoms with Crippen molar-refractivity contribution in [1.82, 2.24) is 10.2 Å². The summed E-state index contributed by atoms with van der Waals surface area (Å²) >= 11 is 6.31. The third kappa shape index (κ3) is 7.70. The lowest BCUT2D eigenvalue weighted by atomic mass is 10.1. The van der Waals surface area contributed by atoms with Crippen LogP contribution in [-0.2, 0) is 26.2 Å². The Bertz CT molecular complexity index is 1140. The monoisotopic (exact) mass is 511 g/mol. The van der Waals surface area contributed by atoms with Crippen LogP contribution in [0.15, 0.2) is 48.5 Å². The van der Waals surface area contributed by atoms with Crippen LogP contribution < -0.4 is 9.62 Å². The molecule has 0 bridgehead atoms. The first-order valence-electron chi connectivity index (χ1n) is 10.8. The molecule has 2 amide bonds. The van der Waals surface area contributed by atoms with E-state index in [1.54, 1.807) is 31.2 Å². The Morgan fingerprint density at radius 2 is 1.76 bits per heavy atom. The number of hydrogen-bond donors (Lipinski definition) is 1. The van der Waals surface area contributed by atoms with Crippen molar-refractivity contribution >= 4 is 39.1 Å². The van der Waals surface area contributed by atoms with Gasteiger partial charge in [-0.2, -0.15) is 0 Å². The second-order valence-corrected chi connectivity index (χ2v) is 11.3. The summed E-state index contributed by atoms with van der Waals surface area (Å²) < 4.78 is 39.6. The number of nitrogens with zero attached hydrogens (tertiary/aromatic N) is 2. The van der Waals surface area contributed by atoms with Crippen LogP contribution in [-0.4, -0.2) is 49.5 Å². The van der Waals surface area contributed by atoms with Gasteiger partial charge in [-0.15, -0.1) is 0 Å². The van der Waals surface area contributed by atoms with Gasteiger partial charge < -0.3 is 10.2 Å². The molecule has 186 valence electrons. The first kappa shape index (κ1) is 27.6. The number of rotatable bonds is 9. The Kier molecular flexibility index (Phi) is 9.08. The van der Waals surface area contributed by atoms with E-state index in [4.69, 9.17) is 11.6 Å². The fourth-order valence-electron chi connectivity index (χ4n) is 3.43. The Morgan fingerprint density at radius 1 is 1.12 bits per heavy atom. The lowest BCUT2D eigenvalue weighted by molar-refractivity contribution is -0.141. The van der Waals surface area contributed by atoms with Crippen LogP contribution in [0.3, 0.4) is 0 Å². The summed E-state index contributed by atoms with van der Waals surface area (Å²) in [5, 5.41) is 3.29. The van der Waals surface area contributed by atoms with E-state index >= 15 is 0 Å². The maximum Gasteiger partial charge on any atom is 0.244 e. The zero-order valence-corrected chi connectivity index (χ0v) is 21.6. The van der Waals surface area contributed by atoms with E-state index < -0.39 is 39.9 Å². The number of halogens is 2. The fraction of sp³-hybridized carbons (Fsp3) is 0.417. The van der Waals surface area contributed by atoms with Gasteiger partial charge in [-0.05, 0) is 57.0 Å². The van der Waals surface area contributed by atoms with Crippen LogP contribution in [0.5, 0.6) is 0 Å². The van der Waals surface area contributed by atoms with Crippen molar-refractivity contribution in [3.05, 3.63) is 64.9 Å². The molecule has 0 aliphatic rings. The van der Waals surface area contributed by atoms with Crippen LogP contribution in [0, 0.1) is 5.82 Å². The lowest BCUT2D eigenvalue weighted by Crippen LogP contribution is -2.55. The van der Waals surface area contributed by atoms with Crippen LogP contribution >= 0.6 is 11.6 Å². The minimum absolute atomic E-state index is 0.00463. The number of benzene rings is 2. The van der Waals surface area contributed by atoms with Crippen molar-refractivity contribution in [2.45, 2.75) is 52.2 Å². The maximum atomic E-state index is 13.8. The third-order valence-electron chi connectivity index (χ3n) is 4.96. The second kappa shape index (κ2) is 11.2. The molecule has 0 unspecified atom stereocenters. The molecule has 0 fully saturated rings. The van der Waals surface area contributed by atoms with E-state index in [1.165, 1.54) is 23.1 Å². The summed E-state index contributed by atoms with van der Waals surface area (Å²) in [7, 11) is -3.93. The molecule has 0 spiro atoms. The highest BCUT2D eigenvalue weighted by atomic mass is 35.5. The molecule has 0 aliphatic heterocycles. The molecule has 1 atom stereocenters. The van der Waals surface area contributed by atoms with Gasteiger partial charge in [-0.3, -0.25) is 13.9 Å². The van der Waals surface area contributed by atoms with Gasteiger partial charge in [-0.25, -0.2) is 12.8 Å². The summed E-state index contributed by atoms with van der Waals surface area (Å²) in [6.07, 6.45) is 1.23. The number of anilines is 1. The summed E-state index contributed by atoms with van der Waals surface area (Å²) in [6, 6.07) is 11.0. The van der Waals surface area contributed by atoms with Gasteiger partial charge in [0.25, 0.3) is 0 Å². The SMILES string of the molecule is CC[C@H](C(=O)NC(C)(C)C)N(Cc1ccccc1Cl)C(=O)CN(c1cccc(F)c1)S(C)(=O)=O. The Balaban J connectivity index is 2.48. The van der Waals surface area contributed by atoms with Gasteiger partial charge >= 0.3 is 0 Å². The largest absolute Gasteiger partial charge is 0.350 e. The van der Waals surface area contributed by atoms with Crippen LogP contribution in [0.25, 0.3) is 0 Å². The molecule has 0 saturated heterocycles.